The first-order valence-corrected chi connectivity index (χ1v) is 5.40. The average molecular weight is 186 g/mol. The van der Waals surface area contributed by atoms with Crippen LogP contribution in [-0.2, 0) is 9.53 Å². The number of unbranched alkanes of at least 4 members (excludes halogenated alkanes) is 3. The summed E-state index contributed by atoms with van der Waals surface area (Å²) in [4.78, 5) is 9.98. The van der Waals surface area contributed by atoms with Crippen LogP contribution in [0.5, 0.6) is 0 Å². The quantitative estimate of drug-likeness (QED) is 0.408. The molecule has 2 nitrogen and oxygen atoms in total. The predicted molar refractivity (Wildman–Crippen MR) is 54.6 cm³/mol. The van der Waals surface area contributed by atoms with Gasteiger partial charge in [0.15, 0.2) is 0 Å². The molecule has 0 aliphatic heterocycles. The summed E-state index contributed by atoms with van der Waals surface area (Å²) in [6.45, 7) is 5.52. The van der Waals surface area contributed by atoms with Crippen molar-refractivity contribution in [2.45, 2.75) is 52.4 Å². The molecule has 0 amide bonds. The largest absolute Gasteiger partial charge is 0.468 e. The van der Waals surface area contributed by atoms with Crippen molar-refractivity contribution in [3.05, 3.63) is 0 Å². The Morgan fingerprint density at radius 3 is 2.54 bits per heavy atom. The lowest BCUT2D eigenvalue weighted by Crippen LogP contribution is -2.07. The van der Waals surface area contributed by atoms with Crippen molar-refractivity contribution in [3.8, 4) is 0 Å². The van der Waals surface area contributed by atoms with Gasteiger partial charge in [-0.1, -0.05) is 46.0 Å². The molecular formula is C11H22O2. The van der Waals surface area contributed by atoms with E-state index in [4.69, 9.17) is 4.74 Å². The summed E-state index contributed by atoms with van der Waals surface area (Å²) < 4.78 is 4.76. The summed E-state index contributed by atoms with van der Waals surface area (Å²) in [5, 5.41) is 0. The van der Waals surface area contributed by atoms with E-state index < -0.39 is 0 Å². The average Bonchev–Trinajstić information content (AvgIpc) is 2.17. The Morgan fingerprint density at radius 1 is 1.23 bits per heavy atom. The molecule has 2 heteroatoms. The fourth-order valence-corrected chi connectivity index (χ4v) is 1.44. The van der Waals surface area contributed by atoms with Crippen LogP contribution in [0, 0.1) is 5.92 Å². The van der Waals surface area contributed by atoms with Gasteiger partial charge in [-0.3, -0.25) is 4.79 Å². The minimum absolute atomic E-state index is 0.550. The Morgan fingerprint density at radius 2 is 2.00 bits per heavy atom. The van der Waals surface area contributed by atoms with E-state index >= 15 is 0 Å². The van der Waals surface area contributed by atoms with E-state index in [0.29, 0.717) is 19.0 Å². The molecule has 0 fully saturated rings. The SMILES string of the molecule is CCCCCCC(CC)COC=O. The minimum Gasteiger partial charge on any atom is -0.468 e. The molecule has 78 valence electrons. The molecule has 0 aliphatic rings. The highest BCUT2D eigenvalue weighted by Crippen LogP contribution is 2.14. The lowest BCUT2D eigenvalue weighted by Gasteiger charge is -2.12. The number of hydrogen-bond acceptors (Lipinski definition) is 2. The van der Waals surface area contributed by atoms with Crippen molar-refractivity contribution in [1.29, 1.82) is 0 Å². The van der Waals surface area contributed by atoms with Gasteiger partial charge in [-0.2, -0.15) is 0 Å². The van der Waals surface area contributed by atoms with Crippen molar-refractivity contribution in [3.63, 3.8) is 0 Å². The van der Waals surface area contributed by atoms with Crippen molar-refractivity contribution in [2.75, 3.05) is 6.61 Å². The van der Waals surface area contributed by atoms with Gasteiger partial charge in [0.2, 0.25) is 0 Å². The predicted octanol–water partition coefficient (Wildman–Crippen LogP) is 3.16. The first kappa shape index (κ1) is 12.5. The monoisotopic (exact) mass is 186 g/mol. The van der Waals surface area contributed by atoms with E-state index in [0.717, 1.165) is 6.42 Å². The summed E-state index contributed by atoms with van der Waals surface area (Å²) in [5.41, 5.74) is 0. The summed E-state index contributed by atoms with van der Waals surface area (Å²) in [7, 11) is 0. The summed E-state index contributed by atoms with van der Waals surface area (Å²) in [5.74, 6) is 0.571. The fourth-order valence-electron chi connectivity index (χ4n) is 1.44. The van der Waals surface area contributed by atoms with Gasteiger partial charge in [0.1, 0.15) is 0 Å². The van der Waals surface area contributed by atoms with E-state index in [1.807, 2.05) is 0 Å². The van der Waals surface area contributed by atoms with Crippen LogP contribution in [0.4, 0.5) is 0 Å². The summed E-state index contributed by atoms with van der Waals surface area (Å²) in [6, 6.07) is 0. The first-order valence-electron chi connectivity index (χ1n) is 5.40. The second kappa shape index (κ2) is 9.56. The minimum atomic E-state index is 0.550. The van der Waals surface area contributed by atoms with Gasteiger partial charge >= 0.3 is 0 Å². The number of hydrogen-bond donors (Lipinski definition) is 0. The highest BCUT2D eigenvalue weighted by Gasteiger charge is 2.05. The molecule has 0 saturated heterocycles. The Hall–Kier alpha value is -0.530. The Balaban J connectivity index is 3.30. The van der Waals surface area contributed by atoms with Gasteiger partial charge in [0.05, 0.1) is 6.61 Å². The third-order valence-corrected chi connectivity index (χ3v) is 2.44. The molecule has 0 aliphatic carbocycles. The topological polar surface area (TPSA) is 26.3 Å². The maximum atomic E-state index is 9.98. The molecule has 0 aromatic heterocycles. The molecule has 0 saturated carbocycles. The van der Waals surface area contributed by atoms with Gasteiger partial charge in [-0.25, -0.2) is 0 Å². The second-order valence-corrected chi connectivity index (χ2v) is 3.55. The van der Waals surface area contributed by atoms with E-state index in [9.17, 15) is 4.79 Å². The lowest BCUT2D eigenvalue weighted by atomic mass is 9.99. The van der Waals surface area contributed by atoms with Crippen LogP contribution in [0.25, 0.3) is 0 Å². The first-order chi connectivity index (χ1) is 6.35. The molecule has 0 heterocycles. The Kier molecular flexibility index (Phi) is 9.17. The van der Waals surface area contributed by atoms with Crippen LogP contribution in [0.15, 0.2) is 0 Å². The number of rotatable bonds is 9. The second-order valence-electron chi connectivity index (χ2n) is 3.55. The van der Waals surface area contributed by atoms with Crippen LogP contribution >= 0.6 is 0 Å². The maximum Gasteiger partial charge on any atom is 0.293 e. The molecule has 0 radical (unpaired) electrons. The van der Waals surface area contributed by atoms with E-state index in [-0.39, 0.29) is 0 Å². The van der Waals surface area contributed by atoms with Crippen molar-refractivity contribution in [1.82, 2.24) is 0 Å². The van der Waals surface area contributed by atoms with Gasteiger partial charge < -0.3 is 4.74 Å². The van der Waals surface area contributed by atoms with Crippen molar-refractivity contribution in [2.24, 2.45) is 5.92 Å². The third kappa shape index (κ3) is 7.82. The molecule has 1 unspecified atom stereocenters. The van der Waals surface area contributed by atoms with Crippen molar-refractivity contribution >= 4 is 6.47 Å². The number of carbonyl (C=O) groups excluding carboxylic acids is 1. The lowest BCUT2D eigenvalue weighted by molar-refractivity contribution is -0.130. The van der Waals surface area contributed by atoms with Gasteiger partial charge in [-0.15, -0.1) is 0 Å². The zero-order valence-corrected chi connectivity index (χ0v) is 8.92. The fraction of sp³-hybridized carbons (Fsp3) is 0.909. The highest BCUT2D eigenvalue weighted by molar-refractivity contribution is 5.36. The molecular weight excluding hydrogens is 164 g/mol. The van der Waals surface area contributed by atoms with Gasteiger partial charge in [-0.05, 0) is 12.3 Å². The highest BCUT2D eigenvalue weighted by atomic mass is 16.5. The van der Waals surface area contributed by atoms with E-state index in [2.05, 4.69) is 13.8 Å². The molecule has 0 aromatic carbocycles. The van der Waals surface area contributed by atoms with Crippen LogP contribution in [-0.4, -0.2) is 13.1 Å². The van der Waals surface area contributed by atoms with Crippen molar-refractivity contribution < 1.29 is 9.53 Å². The number of ether oxygens (including phenoxy) is 1. The van der Waals surface area contributed by atoms with Crippen LogP contribution in [0.1, 0.15) is 52.4 Å². The third-order valence-electron chi connectivity index (χ3n) is 2.44. The molecule has 0 bridgehead atoms. The van der Waals surface area contributed by atoms with Gasteiger partial charge in [0, 0.05) is 0 Å². The molecule has 0 rings (SSSR count). The Bertz CT molecular complexity index is 113. The molecule has 0 N–H and O–H groups in total. The molecule has 13 heavy (non-hydrogen) atoms. The molecule has 1 atom stereocenters. The van der Waals surface area contributed by atoms with E-state index in [1.165, 1.54) is 32.1 Å². The molecule has 0 spiro atoms. The Labute approximate surface area is 81.7 Å². The number of carbonyl (C=O) groups is 1. The van der Waals surface area contributed by atoms with Gasteiger partial charge in [0.25, 0.3) is 6.47 Å². The summed E-state index contributed by atoms with van der Waals surface area (Å²) in [6.07, 6.45) is 7.50. The van der Waals surface area contributed by atoms with E-state index in [1.54, 1.807) is 0 Å². The zero-order valence-electron chi connectivity index (χ0n) is 8.92. The standard InChI is InChI=1S/C11H22O2/c1-3-5-6-7-8-11(4-2)9-13-10-12/h10-11H,3-9H2,1-2H3. The van der Waals surface area contributed by atoms with Crippen LogP contribution in [0.2, 0.25) is 0 Å². The maximum absolute atomic E-state index is 9.98. The smallest absolute Gasteiger partial charge is 0.293 e. The van der Waals surface area contributed by atoms with Crippen LogP contribution < -0.4 is 0 Å². The normalized spacial score (nSPS) is 12.5. The van der Waals surface area contributed by atoms with Crippen LogP contribution in [0.3, 0.4) is 0 Å². The zero-order chi connectivity index (χ0) is 9.94. The molecule has 0 aromatic rings. The summed E-state index contributed by atoms with van der Waals surface area (Å²) >= 11 is 0.